The van der Waals surface area contributed by atoms with Gasteiger partial charge in [-0.1, -0.05) is 30.3 Å². The number of rotatable bonds is 6. The normalized spacial score (nSPS) is 10.3. The van der Waals surface area contributed by atoms with E-state index in [9.17, 15) is 4.39 Å². The molecule has 0 spiro atoms. The van der Waals surface area contributed by atoms with Crippen LogP contribution < -0.4 is 9.47 Å². The fourth-order valence-electron chi connectivity index (χ4n) is 1.61. The topological polar surface area (TPSA) is 27.7 Å². The molecule has 3 nitrogen and oxygen atoms in total. The first-order chi connectivity index (χ1) is 9.72. The highest BCUT2D eigenvalue weighted by atomic mass is 79.9. The molecular weight excluding hydrogens is 327 g/mol. The Bertz CT molecular complexity index is 561. The second kappa shape index (κ2) is 7.26. The third-order valence-electron chi connectivity index (χ3n) is 2.57. The minimum absolute atomic E-state index is 0.0301. The van der Waals surface area contributed by atoms with Crippen LogP contribution >= 0.6 is 15.9 Å². The quantitative estimate of drug-likeness (QED) is 0.739. The summed E-state index contributed by atoms with van der Waals surface area (Å²) in [6, 6.07) is 12.8. The van der Waals surface area contributed by atoms with Crippen molar-refractivity contribution in [2.45, 2.75) is 6.61 Å². The second-order valence-electron chi connectivity index (χ2n) is 4.01. The lowest BCUT2D eigenvalue weighted by atomic mass is 10.2. The molecular formula is C15H14BrFO3. The van der Waals surface area contributed by atoms with Gasteiger partial charge in [-0.05, 0) is 33.6 Å². The fourth-order valence-corrected chi connectivity index (χ4v) is 2.03. The van der Waals surface area contributed by atoms with Crippen LogP contribution in [-0.2, 0) is 11.3 Å². The molecule has 0 radical (unpaired) electrons. The Morgan fingerprint density at radius 2 is 1.80 bits per heavy atom. The van der Waals surface area contributed by atoms with E-state index in [1.807, 2.05) is 30.3 Å². The van der Waals surface area contributed by atoms with Gasteiger partial charge < -0.3 is 14.2 Å². The van der Waals surface area contributed by atoms with Gasteiger partial charge in [0.1, 0.15) is 6.61 Å². The van der Waals surface area contributed by atoms with Crippen LogP contribution in [0.15, 0.2) is 46.9 Å². The van der Waals surface area contributed by atoms with Crippen molar-refractivity contribution in [3.8, 4) is 11.5 Å². The minimum atomic E-state index is -0.549. The van der Waals surface area contributed by atoms with E-state index in [1.165, 1.54) is 7.11 Å². The minimum Gasteiger partial charge on any atom is -0.486 e. The summed E-state index contributed by atoms with van der Waals surface area (Å²) in [7, 11) is 1.47. The van der Waals surface area contributed by atoms with Gasteiger partial charge in [0, 0.05) is 7.11 Å². The van der Waals surface area contributed by atoms with Crippen molar-refractivity contribution < 1.29 is 18.6 Å². The average molecular weight is 341 g/mol. The molecule has 0 saturated carbocycles. The molecule has 0 unspecified atom stereocenters. The number of ether oxygens (including phenoxy) is 3. The van der Waals surface area contributed by atoms with Gasteiger partial charge in [-0.2, -0.15) is 4.39 Å². The molecule has 20 heavy (non-hydrogen) atoms. The van der Waals surface area contributed by atoms with Crippen LogP contribution in [0.25, 0.3) is 0 Å². The maximum Gasteiger partial charge on any atom is 0.208 e. The first-order valence-corrected chi connectivity index (χ1v) is 6.78. The molecule has 2 aromatic carbocycles. The van der Waals surface area contributed by atoms with E-state index >= 15 is 0 Å². The van der Waals surface area contributed by atoms with Crippen molar-refractivity contribution >= 4 is 15.9 Å². The van der Waals surface area contributed by atoms with E-state index in [0.717, 1.165) is 5.56 Å². The van der Waals surface area contributed by atoms with Gasteiger partial charge in [0.15, 0.2) is 18.3 Å². The Labute approximate surface area is 125 Å². The zero-order valence-corrected chi connectivity index (χ0v) is 12.5. The molecule has 5 heteroatoms. The Balaban J connectivity index is 2.12. The molecule has 0 bridgehead atoms. The van der Waals surface area contributed by atoms with E-state index in [2.05, 4.69) is 15.9 Å². The smallest absolute Gasteiger partial charge is 0.208 e. The van der Waals surface area contributed by atoms with Gasteiger partial charge in [-0.25, -0.2) is 0 Å². The standard InChI is InChI=1S/C15H14BrFO3/c1-18-10-20-15-12(16)7-8-13(14(15)17)19-9-11-5-3-2-4-6-11/h2-8H,9-10H2,1H3. The van der Waals surface area contributed by atoms with Crippen LogP contribution in [0.4, 0.5) is 4.39 Å². The summed E-state index contributed by atoms with van der Waals surface area (Å²) < 4.78 is 30.2. The highest BCUT2D eigenvalue weighted by Gasteiger charge is 2.15. The van der Waals surface area contributed by atoms with Gasteiger partial charge in [0.2, 0.25) is 5.82 Å². The van der Waals surface area contributed by atoms with Gasteiger partial charge in [-0.15, -0.1) is 0 Å². The lowest BCUT2D eigenvalue weighted by Crippen LogP contribution is -2.04. The largest absolute Gasteiger partial charge is 0.486 e. The third-order valence-corrected chi connectivity index (χ3v) is 3.20. The molecule has 0 aliphatic rings. The first-order valence-electron chi connectivity index (χ1n) is 5.99. The summed E-state index contributed by atoms with van der Waals surface area (Å²) in [4.78, 5) is 0. The predicted octanol–water partition coefficient (Wildman–Crippen LogP) is 4.15. The predicted molar refractivity (Wildman–Crippen MR) is 77.4 cm³/mol. The van der Waals surface area contributed by atoms with Crippen molar-refractivity contribution in [1.82, 2.24) is 0 Å². The van der Waals surface area contributed by atoms with Gasteiger partial charge >= 0.3 is 0 Å². The molecule has 0 amide bonds. The van der Waals surface area contributed by atoms with Crippen LogP contribution in [-0.4, -0.2) is 13.9 Å². The van der Waals surface area contributed by atoms with Crippen LogP contribution in [0.3, 0.4) is 0 Å². The molecule has 0 atom stereocenters. The lowest BCUT2D eigenvalue weighted by Gasteiger charge is -2.12. The molecule has 106 valence electrons. The van der Waals surface area contributed by atoms with Gasteiger partial charge in [-0.3, -0.25) is 0 Å². The zero-order chi connectivity index (χ0) is 14.4. The van der Waals surface area contributed by atoms with Crippen molar-refractivity contribution in [2.75, 3.05) is 13.9 Å². The molecule has 0 fully saturated rings. The number of methoxy groups -OCH3 is 1. The fraction of sp³-hybridized carbons (Fsp3) is 0.200. The maximum absolute atomic E-state index is 14.2. The van der Waals surface area contributed by atoms with Crippen molar-refractivity contribution in [2.24, 2.45) is 0 Å². The number of halogens is 2. The Morgan fingerprint density at radius 3 is 2.50 bits per heavy atom. The lowest BCUT2D eigenvalue weighted by molar-refractivity contribution is 0.0472. The summed E-state index contributed by atoms with van der Waals surface area (Å²) in [5, 5.41) is 0. The van der Waals surface area contributed by atoms with Crippen molar-refractivity contribution in [1.29, 1.82) is 0 Å². The molecule has 2 rings (SSSR count). The Hall–Kier alpha value is -1.59. The van der Waals surface area contributed by atoms with Gasteiger partial charge in [0.25, 0.3) is 0 Å². The SMILES string of the molecule is COCOc1c(Br)ccc(OCc2ccccc2)c1F. The van der Waals surface area contributed by atoms with E-state index in [1.54, 1.807) is 12.1 Å². The van der Waals surface area contributed by atoms with Crippen LogP contribution in [0, 0.1) is 5.82 Å². The molecule has 0 aliphatic heterocycles. The van der Waals surface area contributed by atoms with Crippen LogP contribution in [0.2, 0.25) is 0 Å². The van der Waals surface area contributed by atoms with Gasteiger partial charge in [0.05, 0.1) is 4.47 Å². The summed E-state index contributed by atoms with van der Waals surface area (Å²) in [5.74, 6) is -0.326. The number of hydrogen-bond acceptors (Lipinski definition) is 3. The van der Waals surface area contributed by atoms with E-state index in [0.29, 0.717) is 11.1 Å². The second-order valence-corrected chi connectivity index (χ2v) is 4.87. The average Bonchev–Trinajstić information content (AvgIpc) is 2.47. The summed E-state index contributed by atoms with van der Waals surface area (Å²) in [6.45, 7) is 0.265. The molecule has 0 heterocycles. The van der Waals surface area contributed by atoms with E-state index in [4.69, 9.17) is 14.2 Å². The molecule has 0 N–H and O–H groups in total. The van der Waals surface area contributed by atoms with Crippen molar-refractivity contribution in [3.63, 3.8) is 0 Å². The van der Waals surface area contributed by atoms with E-state index < -0.39 is 5.82 Å². The number of benzene rings is 2. The third kappa shape index (κ3) is 3.71. The van der Waals surface area contributed by atoms with Crippen LogP contribution in [0.1, 0.15) is 5.56 Å². The first kappa shape index (κ1) is 14.8. The van der Waals surface area contributed by atoms with Crippen molar-refractivity contribution in [3.05, 3.63) is 58.3 Å². The summed E-state index contributed by atoms with van der Waals surface area (Å²) >= 11 is 3.23. The Morgan fingerprint density at radius 1 is 1.05 bits per heavy atom. The molecule has 0 saturated heterocycles. The maximum atomic E-state index is 14.2. The number of hydrogen-bond donors (Lipinski definition) is 0. The highest BCUT2D eigenvalue weighted by molar-refractivity contribution is 9.10. The van der Waals surface area contributed by atoms with Crippen LogP contribution in [0.5, 0.6) is 11.5 Å². The zero-order valence-electron chi connectivity index (χ0n) is 10.9. The summed E-state index contributed by atoms with van der Waals surface area (Å²) in [5.41, 5.74) is 0.967. The monoisotopic (exact) mass is 340 g/mol. The molecule has 0 aliphatic carbocycles. The Kier molecular flexibility index (Phi) is 5.38. The van der Waals surface area contributed by atoms with E-state index in [-0.39, 0.29) is 18.3 Å². The summed E-state index contributed by atoms with van der Waals surface area (Å²) in [6.07, 6.45) is 0. The highest BCUT2D eigenvalue weighted by Crippen LogP contribution is 2.34. The molecule has 0 aromatic heterocycles. The molecule has 2 aromatic rings.